The summed E-state index contributed by atoms with van der Waals surface area (Å²) in [5, 5.41) is 0. The number of benzene rings is 2. The molecule has 0 aliphatic rings. The van der Waals surface area contributed by atoms with Crippen molar-refractivity contribution in [2.75, 3.05) is 12.8 Å². The van der Waals surface area contributed by atoms with Gasteiger partial charge in [0.05, 0.1) is 12.0 Å². The van der Waals surface area contributed by atoms with Crippen LogP contribution >= 0.6 is 11.8 Å². The summed E-state index contributed by atoms with van der Waals surface area (Å²) >= 11 is 1.69. The minimum absolute atomic E-state index is 0.720. The zero-order valence-corrected chi connectivity index (χ0v) is 11.5. The number of ether oxygens (including phenoxy) is 1. The molecule has 0 saturated carbocycles. The highest BCUT2D eigenvalue weighted by atomic mass is 32.2. The number of aryl methyl sites for hydroxylation is 1. The Bertz CT molecular complexity index is 523. The first-order valence-corrected chi connectivity index (χ1v) is 6.75. The van der Waals surface area contributed by atoms with E-state index >= 15 is 0 Å². The van der Waals surface area contributed by atoms with E-state index in [9.17, 15) is 0 Å². The number of hydrogen-bond donors (Lipinski definition) is 1. The van der Waals surface area contributed by atoms with Gasteiger partial charge in [0.25, 0.3) is 0 Å². The molecule has 0 unspecified atom stereocenters. The molecule has 0 atom stereocenters. The summed E-state index contributed by atoms with van der Waals surface area (Å²) in [6, 6.07) is 14.3. The van der Waals surface area contributed by atoms with Gasteiger partial charge in [0.1, 0.15) is 5.75 Å². The Morgan fingerprint density at radius 3 is 2.44 bits per heavy atom. The van der Waals surface area contributed by atoms with Crippen LogP contribution in [0.2, 0.25) is 0 Å². The molecular weight excluding hydrogens is 242 g/mol. The summed E-state index contributed by atoms with van der Waals surface area (Å²) in [5.74, 6) is 0.819. The highest BCUT2D eigenvalue weighted by Gasteiger charge is 2.05. The van der Waals surface area contributed by atoms with Crippen LogP contribution in [0.1, 0.15) is 12.5 Å². The maximum atomic E-state index is 5.75. The summed E-state index contributed by atoms with van der Waals surface area (Å²) in [5.41, 5.74) is 7.82. The Hall–Kier alpha value is -1.61. The number of rotatable bonds is 4. The molecule has 0 fully saturated rings. The van der Waals surface area contributed by atoms with Gasteiger partial charge in [-0.25, -0.2) is 0 Å². The lowest BCUT2D eigenvalue weighted by molar-refractivity contribution is 0.405. The van der Waals surface area contributed by atoms with Crippen LogP contribution in [0.3, 0.4) is 0 Å². The molecule has 2 aromatic rings. The highest BCUT2D eigenvalue weighted by molar-refractivity contribution is 7.99. The average molecular weight is 259 g/mol. The minimum atomic E-state index is 0.720. The van der Waals surface area contributed by atoms with Gasteiger partial charge in [0.15, 0.2) is 0 Å². The van der Waals surface area contributed by atoms with Gasteiger partial charge in [-0.15, -0.1) is 0 Å². The Morgan fingerprint density at radius 2 is 1.83 bits per heavy atom. The van der Waals surface area contributed by atoms with Crippen LogP contribution in [0.5, 0.6) is 5.75 Å². The van der Waals surface area contributed by atoms with Gasteiger partial charge >= 0.3 is 0 Å². The van der Waals surface area contributed by atoms with Crippen molar-refractivity contribution in [3.8, 4) is 5.75 Å². The van der Waals surface area contributed by atoms with Crippen LogP contribution in [0.4, 0.5) is 5.69 Å². The van der Waals surface area contributed by atoms with Crippen molar-refractivity contribution in [1.82, 2.24) is 0 Å². The van der Waals surface area contributed by atoms with E-state index in [1.165, 1.54) is 10.5 Å². The molecule has 0 spiro atoms. The third kappa shape index (κ3) is 2.99. The lowest BCUT2D eigenvalue weighted by Gasteiger charge is -2.09. The molecule has 94 valence electrons. The van der Waals surface area contributed by atoms with Crippen LogP contribution < -0.4 is 10.5 Å². The third-order valence-electron chi connectivity index (χ3n) is 2.75. The second-order valence-corrected chi connectivity index (χ2v) is 5.13. The fourth-order valence-electron chi connectivity index (χ4n) is 1.69. The lowest BCUT2D eigenvalue weighted by Crippen LogP contribution is -1.90. The summed E-state index contributed by atoms with van der Waals surface area (Å²) in [4.78, 5) is 2.28. The van der Waals surface area contributed by atoms with E-state index < -0.39 is 0 Å². The van der Waals surface area contributed by atoms with Gasteiger partial charge in [0, 0.05) is 16.6 Å². The molecule has 0 saturated heterocycles. The zero-order valence-electron chi connectivity index (χ0n) is 10.6. The molecule has 0 heterocycles. The molecule has 18 heavy (non-hydrogen) atoms. The summed E-state index contributed by atoms with van der Waals surface area (Å²) < 4.78 is 5.34. The molecule has 0 amide bonds. The fraction of sp³-hybridized carbons (Fsp3) is 0.200. The number of nitrogens with two attached hydrogens (primary N) is 1. The minimum Gasteiger partial charge on any atom is -0.495 e. The first-order valence-electron chi connectivity index (χ1n) is 5.93. The number of hydrogen-bond acceptors (Lipinski definition) is 3. The van der Waals surface area contributed by atoms with Gasteiger partial charge in [-0.3, -0.25) is 0 Å². The third-order valence-corrected chi connectivity index (χ3v) is 3.81. The van der Waals surface area contributed by atoms with Gasteiger partial charge in [-0.1, -0.05) is 30.8 Å². The summed E-state index contributed by atoms with van der Waals surface area (Å²) in [6.07, 6.45) is 1.07. The number of methoxy groups -OCH3 is 1. The van der Waals surface area contributed by atoms with Crippen molar-refractivity contribution in [1.29, 1.82) is 0 Å². The molecule has 3 heteroatoms. The van der Waals surface area contributed by atoms with Gasteiger partial charge < -0.3 is 10.5 Å². The van der Waals surface area contributed by atoms with Crippen LogP contribution in [0.15, 0.2) is 52.3 Å². The first-order chi connectivity index (χ1) is 8.72. The zero-order chi connectivity index (χ0) is 13.0. The van der Waals surface area contributed by atoms with E-state index in [4.69, 9.17) is 10.5 Å². The summed E-state index contributed by atoms with van der Waals surface area (Å²) in [6.45, 7) is 2.16. The smallest absolute Gasteiger partial charge is 0.134 e. The van der Waals surface area contributed by atoms with Crippen molar-refractivity contribution < 1.29 is 4.74 Å². The average Bonchev–Trinajstić information content (AvgIpc) is 2.41. The van der Waals surface area contributed by atoms with E-state index in [1.807, 2.05) is 18.2 Å². The Kier molecular flexibility index (Phi) is 4.15. The Labute approximate surface area is 112 Å². The van der Waals surface area contributed by atoms with E-state index in [2.05, 4.69) is 31.2 Å². The van der Waals surface area contributed by atoms with E-state index in [1.54, 1.807) is 18.9 Å². The quantitative estimate of drug-likeness (QED) is 0.843. The normalized spacial score (nSPS) is 10.3. The van der Waals surface area contributed by atoms with Gasteiger partial charge in [0.2, 0.25) is 0 Å². The summed E-state index contributed by atoms with van der Waals surface area (Å²) in [7, 11) is 1.67. The molecule has 0 bridgehead atoms. The van der Waals surface area contributed by atoms with Crippen molar-refractivity contribution in [2.24, 2.45) is 0 Å². The largest absolute Gasteiger partial charge is 0.495 e. The molecule has 2 nitrogen and oxygen atoms in total. The van der Waals surface area contributed by atoms with E-state index in [0.29, 0.717) is 0 Å². The van der Waals surface area contributed by atoms with Crippen molar-refractivity contribution >= 4 is 17.4 Å². The fourth-order valence-corrected chi connectivity index (χ4v) is 2.59. The molecular formula is C15H17NOS. The predicted octanol–water partition coefficient (Wildman–Crippen LogP) is 3.99. The second-order valence-electron chi connectivity index (χ2n) is 4.01. The number of anilines is 1. The van der Waals surface area contributed by atoms with E-state index in [-0.39, 0.29) is 0 Å². The first kappa shape index (κ1) is 12.8. The van der Waals surface area contributed by atoms with Crippen LogP contribution in [0.25, 0.3) is 0 Å². The van der Waals surface area contributed by atoms with Crippen LogP contribution in [-0.2, 0) is 6.42 Å². The van der Waals surface area contributed by atoms with Crippen molar-refractivity contribution in [3.63, 3.8) is 0 Å². The Balaban J connectivity index is 2.22. The molecule has 2 aromatic carbocycles. The van der Waals surface area contributed by atoms with Crippen LogP contribution in [0, 0.1) is 0 Å². The van der Waals surface area contributed by atoms with Crippen LogP contribution in [-0.4, -0.2) is 7.11 Å². The molecule has 0 aliphatic heterocycles. The SMILES string of the molecule is CCc1ccc(Sc2ccc(N)cc2OC)cc1. The van der Waals surface area contributed by atoms with E-state index in [0.717, 1.165) is 22.8 Å². The van der Waals surface area contributed by atoms with Crippen molar-refractivity contribution in [2.45, 2.75) is 23.1 Å². The molecule has 2 rings (SSSR count). The molecule has 2 N–H and O–H groups in total. The predicted molar refractivity (Wildman–Crippen MR) is 77.3 cm³/mol. The Morgan fingerprint density at radius 1 is 1.11 bits per heavy atom. The van der Waals surface area contributed by atoms with Gasteiger partial charge in [-0.05, 0) is 36.2 Å². The highest BCUT2D eigenvalue weighted by Crippen LogP contribution is 2.36. The maximum absolute atomic E-state index is 5.75. The molecule has 0 aromatic heterocycles. The topological polar surface area (TPSA) is 35.2 Å². The monoisotopic (exact) mass is 259 g/mol. The van der Waals surface area contributed by atoms with Crippen molar-refractivity contribution in [3.05, 3.63) is 48.0 Å². The van der Waals surface area contributed by atoms with Gasteiger partial charge in [-0.2, -0.15) is 0 Å². The number of nitrogen functional groups attached to an aromatic ring is 1. The lowest BCUT2D eigenvalue weighted by atomic mass is 10.2. The second kappa shape index (κ2) is 5.83. The molecule has 0 aliphatic carbocycles. The molecule has 0 radical (unpaired) electrons. The standard InChI is InChI=1S/C15H17NOS/c1-3-11-4-7-13(8-5-11)18-15-9-6-12(16)10-14(15)17-2/h4-10H,3,16H2,1-2H3. The maximum Gasteiger partial charge on any atom is 0.134 e.